The van der Waals surface area contributed by atoms with Gasteiger partial charge in [-0.2, -0.15) is 0 Å². The Labute approximate surface area is 111 Å². The van der Waals surface area contributed by atoms with Gasteiger partial charge in [0.25, 0.3) is 0 Å². The van der Waals surface area contributed by atoms with Gasteiger partial charge in [-0.1, -0.05) is 24.1 Å². The number of nitrogens with two attached hydrogens (primary N) is 1. The Hall–Kier alpha value is -0.860. The molecular weight excluding hydrogens is 220 g/mol. The molecule has 0 amide bonds. The van der Waals surface area contributed by atoms with E-state index in [4.69, 9.17) is 5.73 Å². The first-order chi connectivity index (χ1) is 8.54. The van der Waals surface area contributed by atoms with Gasteiger partial charge in [0.15, 0.2) is 0 Å². The van der Waals surface area contributed by atoms with Crippen molar-refractivity contribution in [2.75, 3.05) is 13.6 Å². The molecule has 1 saturated carbocycles. The highest BCUT2D eigenvalue weighted by Gasteiger charge is 2.43. The van der Waals surface area contributed by atoms with Crippen molar-refractivity contribution in [2.45, 2.75) is 46.1 Å². The molecule has 100 valence electrons. The lowest BCUT2D eigenvalue weighted by Crippen LogP contribution is -2.47. The van der Waals surface area contributed by atoms with Crippen molar-refractivity contribution in [3.8, 4) is 0 Å². The third-order valence-corrected chi connectivity index (χ3v) is 4.68. The summed E-state index contributed by atoms with van der Waals surface area (Å²) in [5, 5.41) is 3.53. The zero-order valence-electron chi connectivity index (χ0n) is 12.1. The number of aryl methyl sites for hydroxylation is 3. The first-order valence-electron chi connectivity index (χ1n) is 6.99. The number of benzene rings is 1. The molecule has 18 heavy (non-hydrogen) atoms. The van der Waals surface area contributed by atoms with Crippen LogP contribution in [0, 0.1) is 26.2 Å². The van der Waals surface area contributed by atoms with Crippen molar-refractivity contribution in [2.24, 2.45) is 11.1 Å². The Morgan fingerprint density at radius 1 is 1.22 bits per heavy atom. The first kappa shape index (κ1) is 13.6. The second kappa shape index (κ2) is 5.02. The van der Waals surface area contributed by atoms with Gasteiger partial charge in [-0.3, -0.25) is 0 Å². The SMILES string of the molecule is CNC(c1c(C)cc(C)cc1C)C1(CN)CCC1. The Bertz CT molecular complexity index is 404. The molecule has 0 spiro atoms. The van der Waals surface area contributed by atoms with Crippen LogP contribution in [0.3, 0.4) is 0 Å². The van der Waals surface area contributed by atoms with Crippen molar-refractivity contribution in [1.29, 1.82) is 0 Å². The van der Waals surface area contributed by atoms with E-state index in [1.54, 1.807) is 0 Å². The number of rotatable bonds is 4. The van der Waals surface area contributed by atoms with Gasteiger partial charge in [0.05, 0.1) is 0 Å². The molecule has 1 atom stereocenters. The van der Waals surface area contributed by atoms with Gasteiger partial charge in [-0.15, -0.1) is 0 Å². The molecule has 0 radical (unpaired) electrons. The molecule has 0 aromatic heterocycles. The molecule has 2 nitrogen and oxygen atoms in total. The Kier molecular flexibility index (Phi) is 3.79. The van der Waals surface area contributed by atoms with E-state index in [0.29, 0.717) is 6.04 Å². The third-order valence-electron chi connectivity index (χ3n) is 4.68. The molecule has 1 aliphatic rings. The molecule has 3 N–H and O–H groups in total. The summed E-state index contributed by atoms with van der Waals surface area (Å²) in [6.07, 6.45) is 3.82. The lowest BCUT2D eigenvalue weighted by atomic mass is 9.61. The van der Waals surface area contributed by atoms with Crippen LogP contribution in [0.2, 0.25) is 0 Å². The summed E-state index contributed by atoms with van der Waals surface area (Å²) in [7, 11) is 2.07. The lowest BCUT2D eigenvalue weighted by Gasteiger charge is -2.48. The Morgan fingerprint density at radius 2 is 1.78 bits per heavy atom. The monoisotopic (exact) mass is 246 g/mol. The summed E-state index contributed by atoms with van der Waals surface area (Å²) in [4.78, 5) is 0. The zero-order valence-corrected chi connectivity index (χ0v) is 12.1. The van der Waals surface area contributed by atoms with E-state index in [-0.39, 0.29) is 5.41 Å². The van der Waals surface area contributed by atoms with Crippen molar-refractivity contribution < 1.29 is 0 Å². The highest BCUT2D eigenvalue weighted by molar-refractivity contribution is 5.41. The molecule has 0 heterocycles. The molecular formula is C16H26N2. The van der Waals surface area contributed by atoms with Gasteiger partial charge in [-0.25, -0.2) is 0 Å². The van der Waals surface area contributed by atoms with Crippen molar-refractivity contribution in [3.63, 3.8) is 0 Å². The van der Waals surface area contributed by atoms with E-state index >= 15 is 0 Å². The van der Waals surface area contributed by atoms with Gasteiger partial charge in [0.2, 0.25) is 0 Å². The van der Waals surface area contributed by atoms with Crippen LogP contribution in [0.4, 0.5) is 0 Å². The van der Waals surface area contributed by atoms with Gasteiger partial charge in [-0.05, 0) is 63.9 Å². The van der Waals surface area contributed by atoms with Crippen LogP contribution in [-0.4, -0.2) is 13.6 Å². The lowest BCUT2D eigenvalue weighted by molar-refractivity contribution is 0.0873. The largest absolute Gasteiger partial charge is 0.330 e. The quantitative estimate of drug-likeness (QED) is 0.857. The summed E-state index contributed by atoms with van der Waals surface area (Å²) in [6, 6.07) is 4.97. The fourth-order valence-corrected chi connectivity index (χ4v) is 3.64. The maximum Gasteiger partial charge on any atom is 0.0392 e. The van der Waals surface area contributed by atoms with Gasteiger partial charge in [0.1, 0.15) is 0 Å². The van der Waals surface area contributed by atoms with E-state index < -0.39 is 0 Å². The predicted octanol–water partition coefficient (Wildman–Crippen LogP) is 3.00. The van der Waals surface area contributed by atoms with E-state index in [1.807, 2.05) is 0 Å². The minimum Gasteiger partial charge on any atom is -0.330 e. The molecule has 1 unspecified atom stereocenters. The molecule has 0 bridgehead atoms. The summed E-state index contributed by atoms with van der Waals surface area (Å²) in [5.74, 6) is 0. The Morgan fingerprint density at radius 3 is 2.11 bits per heavy atom. The van der Waals surface area contributed by atoms with E-state index in [0.717, 1.165) is 6.54 Å². The van der Waals surface area contributed by atoms with Gasteiger partial charge >= 0.3 is 0 Å². The summed E-state index contributed by atoms with van der Waals surface area (Å²) in [5.41, 5.74) is 12.0. The van der Waals surface area contributed by atoms with Crippen LogP contribution in [0.25, 0.3) is 0 Å². The normalized spacial score (nSPS) is 19.4. The van der Waals surface area contributed by atoms with Gasteiger partial charge < -0.3 is 11.1 Å². The minimum atomic E-state index is 0.277. The van der Waals surface area contributed by atoms with E-state index in [2.05, 4.69) is 45.3 Å². The average Bonchev–Trinajstić information content (AvgIpc) is 2.24. The second-order valence-corrected chi connectivity index (χ2v) is 5.95. The third kappa shape index (κ3) is 2.08. The summed E-state index contributed by atoms with van der Waals surface area (Å²) < 4.78 is 0. The molecule has 1 aromatic carbocycles. The fraction of sp³-hybridized carbons (Fsp3) is 0.625. The molecule has 1 aliphatic carbocycles. The predicted molar refractivity (Wildman–Crippen MR) is 77.8 cm³/mol. The molecule has 0 aliphatic heterocycles. The second-order valence-electron chi connectivity index (χ2n) is 5.95. The molecule has 1 aromatic rings. The fourth-order valence-electron chi connectivity index (χ4n) is 3.64. The van der Waals surface area contributed by atoms with E-state index in [1.165, 1.54) is 41.5 Å². The standard InChI is InChI=1S/C16H26N2/c1-11-8-12(2)14(13(3)9-11)15(18-4)16(10-17)6-5-7-16/h8-9,15,18H,5-7,10,17H2,1-4H3. The average molecular weight is 246 g/mol. The van der Waals surface area contributed by atoms with Crippen LogP contribution in [0.5, 0.6) is 0 Å². The molecule has 1 fully saturated rings. The molecule has 0 saturated heterocycles. The van der Waals surface area contributed by atoms with Crippen molar-refractivity contribution in [1.82, 2.24) is 5.32 Å². The highest BCUT2D eigenvalue weighted by Crippen LogP contribution is 2.50. The van der Waals surface area contributed by atoms with Crippen molar-refractivity contribution >= 4 is 0 Å². The highest BCUT2D eigenvalue weighted by atomic mass is 14.9. The smallest absolute Gasteiger partial charge is 0.0392 e. The van der Waals surface area contributed by atoms with Crippen LogP contribution in [0.15, 0.2) is 12.1 Å². The van der Waals surface area contributed by atoms with E-state index in [9.17, 15) is 0 Å². The molecule has 2 rings (SSSR count). The molecule has 2 heteroatoms. The number of hydrogen-bond donors (Lipinski definition) is 2. The zero-order chi connectivity index (χ0) is 13.3. The number of nitrogens with one attached hydrogen (secondary N) is 1. The topological polar surface area (TPSA) is 38.0 Å². The van der Waals surface area contributed by atoms with Crippen LogP contribution in [0.1, 0.15) is 47.6 Å². The minimum absolute atomic E-state index is 0.277. The van der Waals surface area contributed by atoms with Crippen LogP contribution in [-0.2, 0) is 0 Å². The van der Waals surface area contributed by atoms with Crippen LogP contribution < -0.4 is 11.1 Å². The maximum absolute atomic E-state index is 6.07. The van der Waals surface area contributed by atoms with Crippen LogP contribution >= 0.6 is 0 Å². The summed E-state index contributed by atoms with van der Waals surface area (Å²) in [6.45, 7) is 7.40. The Balaban J connectivity index is 2.45. The summed E-state index contributed by atoms with van der Waals surface area (Å²) >= 11 is 0. The van der Waals surface area contributed by atoms with Crippen molar-refractivity contribution in [3.05, 3.63) is 34.4 Å². The number of hydrogen-bond acceptors (Lipinski definition) is 2. The first-order valence-corrected chi connectivity index (χ1v) is 6.99. The maximum atomic E-state index is 6.07. The van der Waals surface area contributed by atoms with Gasteiger partial charge in [0, 0.05) is 11.5 Å².